The van der Waals surface area contributed by atoms with Crippen LogP contribution in [0.5, 0.6) is 0 Å². The lowest BCUT2D eigenvalue weighted by Gasteiger charge is -2.04. The lowest BCUT2D eigenvalue weighted by atomic mass is 10.0. The number of aromatic nitrogens is 6. The number of carbonyl (C=O) groups excluding carboxylic acids is 1. The Bertz CT molecular complexity index is 980. The molecule has 4 aromatic rings. The van der Waals surface area contributed by atoms with Crippen LogP contribution in [0.1, 0.15) is 15.9 Å². The fourth-order valence-corrected chi connectivity index (χ4v) is 2.81. The molecule has 24 heavy (non-hydrogen) atoms. The Morgan fingerprint density at radius 3 is 1.71 bits per heavy atom. The molecule has 9 heteroatoms. The number of hydrogen-bond donors (Lipinski definition) is 4. The largest absolute Gasteiger partial charge is 0.372 e. The second-order valence-corrected chi connectivity index (χ2v) is 5.13. The van der Waals surface area contributed by atoms with Crippen LogP contribution in [-0.2, 0) is 0 Å². The summed E-state index contributed by atoms with van der Waals surface area (Å²) in [6.07, 6.45) is 6.17. The van der Waals surface area contributed by atoms with Crippen molar-refractivity contribution in [3.05, 3.63) is 36.2 Å². The Hall–Kier alpha value is -3.49. The van der Waals surface area contributed by atoms with Gasteiger partial charge in [0.1, 0.15) is 35.6 Å². The predicted octanol–water partition coefficient (Wildman–Crippen LogP) is 1.54. The molecule has 4 aromatic heterocycles. The minimum Gasteiger partial charge on any atom is -0.372 e. The van der Waals surface area contributed by atoms with Crippen molar-refractivity contribution in [2.45, 2.75) is 0 Å². The Balaban J connectivity index is 1.95. The molecule has 4 N–H and O–H groups in total. The van der Waals surface area contributed by atoms with E-state index in [1.807, 2.05) is 0 Å². The molecule has 0 saturated heterocycles. The predicted molar refractivity (Wildman–Crippen MR) is 90.3 cm³/mol. The Labute approximate surface area is 136 Å². The SMILES string of the molecule is CNc1ncnc2[nH]cc(C(=O)c3c[nH]c4ncnc(NC)c34)c12. The molecule has 0 saturated carbocycles. The Morgan fingerprint density at radius 1 is 0.833 bits per heavy atom. The molecule has 0 aliphatic heterocycles. The minimum absolute atomic E-state index is 0.162. The highest BCUT2D eigenvalue weighted by atomic mass is 16.1. The normalized spacial score (nSPS) is 11.1. The highest BCUT2D eigenvalue weighted by Crippen LogP contribution is 2.29. The van der Waals surface area contributed by atoms with E-state index in [0.717, 1.165) is 0 Å². The molecule has 0 spiro atoms. The molecular formula is C15H14N8O. The molecule has 0 bridgehead atoms. The average Bonchev–Trinajstić information content (AvgIpc) is 3.25. The number of H-pyrrole nitrogens is 2. The van der Waals surface area contributed by atoms with E-state index in [-0.39, 0.29) is 5.78 Å². The monoisotopic (exact) mass is 322 g/mol. The summed E-state index contributed by atoms with van der Waals surface area (Å²) in [5, 5.41) is 7.29. The molecule has 0 aliphatic carbocycles. The molecule has 0 aromatic carbocycles. The van der Waals surface area contributed by atoms with Crippen LogP contribution in [0.4, 0.5) is 11.6 Å². The van der Waals surface area contributed by atoms with Crippen molar-refractivity contribution in [2.24, 2.45) is 0 Å². The van der Waals surface area contributed by atoms with Crippen LogP contribution in [0.2, 0.25) is 0 Å². The van der Waals surface area contributed by atoms with E-state index in [9.17, 15) is 4.79 Å². The molecule has 0 aliphatic rings. The molecule has 120 valence electrons. The van der Waals surface area contributed by atoms with Gasteiger partial charge >= 0.3 is 0 Å². The number of aromatic amines is 2. The minimum atomic E-state index is -0.162. The molecule has 9 nitrogen and oxygen atoms in total. The highest BCUT2D eigenvalue weighted by Gasteiger charge is 2.22. The molecular weight excluding hydrogens is 308 g/mol. The van der Waals surface area contributed by atoms with Gasteiger partial charge in [0.15, 0.2) is 5.78 Å². The Morgan fingerprint density at radius 2 is 1.29 bits per heavy atom. The first kappa shape index (κ1) is 14.1. The zero-order valence-electron chi connectivity index (χ0n) is 13.0. The van der Waals surface area contributed by atoms with Gasteiger partial charge in [-0.2, -0.15) is 0 Å². The van der Waals surface area contributed by atoms with Crippen molar-refractivity contribution >= 4 is 39.5 Å². The summed E-state index contributed by atoms with van der Waals surface area (Å²) in [5.41, 5.74) is 2.17. The van der Waals surface area contributed by atoms with Crippen molar-refractivity contribution < 1.29 is 4.79 Å². The van der Waals surface area contributed by atoms with Gasteiger partial charge in [0.25, 0.3) is 0 Å². The van der Waals surface area contributed by atoms with E-state index >= 15 is 0 Å². The van der Waals surface area contributed by atoms with Crippen LogP contribution in [-0.4, -0.2) is 49.8 Å². The molecule has 4 heterocycles. The first-order chi connectivity index (χ1) is 11.7. The summed E-state index contributed by atoms with van der Waals surface area (Å²) in [7, 11) is 3.50. The first-order valence-corrected chi connectivity index (χ1v) is 7.29. The summed E-state index contributed by atoms with van der Waals surface area (Å²) in [4.78, 5) is 35.8. The zero-order chi connectivity index (χ0) is 16.7. The number of nitrogens with zero attached hydrogens (tertiary/aromatic N) is 4. The van der Waals surface area contributed by atoms with Crippen molar-refractivity contribution in [1.29, 1.82) is 0 Å². The highest BCUT2D eigenvalue weighted by molar-refractivity contribution is 6.23. The van der Waals surface area contributed by atoms with Crippen molar-refractivity contribution in [3.8, 4) is 0 Å². The van der Waals surface area contributed by atoms with Gasteiger partial charge in [-0.3, -0.25) is 4.79 Å². The smallest absolute Gasteiger partial charge is 0.197 e. The van der Waals surface area contributed by atoms with E-state index in [1.54, 1.807) is 26.5 Å². The average molecular weight is 322 g/mol. The molecule has 0 unspecified atom stereocenters. The van der Waals surface area contributed by atoms with Gasteiger partial charge in [0.05, 0.1) is 21.9 Å². The van der Waals surface area contributed by atoms with Gasteiger partial charge in [0.2, 0.25) is 0 Å². The molecule has 0 atom stereocenters. The van der Waals surface area contributed by atoms with Crippen LogP contribution >= 0.6 is 0 Å². The maximum Gasteiger partial charge on any atom is 0.197 e. The van der Waals surface area contributed by atoms with Crippen LogP contribution in [0.25, 0.3) is 22.1 Å². The van der Waals surface area contributed by atoms with Crippen molar-refractivity contribution in [2.75, 3.05) is 24.7 Å². The van der Waals surface area contributed by atoms with Gasteiger partial charge in [-0.05, 0) is 0 Å². The van der Waals surface area contributed by atoms with Crippen LogP contribution in [0.15, 0.2) is 25.0 Å². The lowest BCUT2D eigenvalue weighted by molar-refractivity contribution is 0.104. The number of hydrogen-bond acceptors (Lipinski definition) is 7. The number of rotatable bonds is 4. The summed E-state index contributed by atoms with van der Waals surface area (Å²) < 4.78 is 0. The van der Waals surface area contributed by atoms with Gasteiger partial charge in [-0.1, -0.05) is 0 Å². The van der Waals surface area contributed by atoms with E-state index in [2.05, 4.69) is 40.5 Å². The van der Waals surface area contributed by atoms with Crippen LogP contribution in [0.3, 0.4) is 0 Å². The van der Waals surface area contributed by atoms with Crippen molar-refractivity contribution in [3.63, 3.8) is 0 Å². The summed E-state index contributed by atoms with van der Waals surface area (Å²) in [6.45, 7) is 0. The lowest BCUT2D eigenvalue weighted by Crippen LogP contribution is -2.04. The summed E-state index contributed by atoms with van der Waals surface area (Å²) >= 11 is 0. The standard InChI is InChI=1S/C15H14N8O/c1-16-12-9-7(3-18-14(9)22-5-20-12)11(24)8-4-19-15-10(8)13(17-2)21-6-23-15/h3-6H,1-2H3,(H2,16,18,20,22)(H2,17,19,21,23). The van der Waals surface area contributed by atoms with Gasteiger partial charge in [-0.25, -0.2) is 19.9 Å². The second-order valence-electron chi connectivity index (χ2n) is 5.13. The van der Waals surface area contributed by atoms with Crippen LogP contribution < -0.4 is 10.6 Å². The summed E-state index contributed by atoms with van der Waals surface area (Å²) in [5.74, 6) is 1.02. The second kappa shape index (κ2) is 5.30. The number of anilines is 2. The van der Waals surface area contributed by atoms with Crippen LogP contribution in [0, 0.1) is 0 Å². The molecule has 0 fully saturated rings. The maximum absolute atomic E-state index is 13.1. The van der Waals surface area contributed by atoms with Gasteiger partial charge < -0.3 is 20.6 Å². The Kier molecular flexibility index (Phi) is 3.12. The summed E-state index contributed by atoms with van der Waals surface area (Å²) in [6, 6.07) is 0. The number of ketones is 1. The third-order valence-electron chi connectivity index (χ3n) is 3.90. The number of fused-ring (bicyclic) bond motifs is 2. The number of nitrogens with one attached hydrogen (secondary N) is 4. The number of carbonyl (C=O) groups is 1. The third-order valence-corrected chi connectivity index (χ3v) is 3.90. The van der Waals surface area contributed by atoms with Gasteiger partial charge in [0, 0.05) is 26.5 Å². The molecule has 0 amide bonds. The van der Waals surface area contributed by atoms with E-state index in [0.29, 0.717) is 44.8 Å². The topological polar surface area (TPSA) is 124 Å². The fraction of sp³-hybridized carbons (Fsp3) is 0.133. The quantitative estimate of drug-likeness (QED) is 0.420. The fourth-order valence-electron chi connectivity index (χ4n) is 2.81. The first-order valence-electron chi connectivity index (χ1n) is 7.29. The van der Waals surface area contributed by atoms with E-state index < -0.39 is 0 Å². The van der Waals surface area contributed by atoms with E-state index in [4.69, 9.17) is 0 Å². The third kappa shape index (κ3) is 1.91. The van der Waals surface area contributed by atoms with Crippen molar-refractivity contribution in [1.82, 2.24) is 29.9 Å². The van der Waals surface area contributed by atoms with E-state index in [1.165, 1.54) is 12.7 Å². The maximum atomic E-state index is 13.1. The zero-order valence-corrected chi connectivity index (χ0v) is 13.0. The van der Waals surface area contributed by atoms with Gasteiger partial charge in [-0.15, -0.1) is 0 Å². The molecule has 0 radical (unpaired) electrons. The molecule has 4 rings (SSSR count).